The molecule has 1 saturated heterocycles. The maximum Gasteiger partial charge on any atom is 0.271 e. The molecule has 11 heteroatoms. The van der Waals surface area contributed by atoms with Crippen LogP contribution in [0.4, 0.5) is 17.3 Å². The fourth-order valence-corrected chi connectivity index (χ4v) is 4.68. The lowest BCUT2D eigenvalue weighted by Gasteiger charge is -2.38. The van der Waals surface area contributed by atoms with Gasteiger partial charge >= 0.3 is 0 Å². The summed E-state index contributed by atoms with van der Waals surface area (Å²) in [7, 11) is 1.83. The molecule has 2 amide bonds. The minimum Gasteiger partial charge on any atom is -0.396 e. The number of aromatic amines is 1. The minimum atomic E-state index is -0.693. The third kappa shape index (κ3) is 5.30. The molecule has 1 aromatic carbocycles. The van der Waals surface area contributed by atoms with Crippen LogP contribution in [0.1, 0.15) is 51.6 Å². The molecule has 2 unspecified atom stereocenters. The highest BCUT2D eigenvalue weighted by Gasteiger charge is 2.30. The molecule has 11 nitrogen and oxygen atoms in total. The molecule has 188 valence electrons. The minimum absolute atomic E-state index is 0.0172. The van der Waals surface area contributed by atoms with E-state index in [1.165, 1.54) is 24.6 Å². The molecular weight excluding hydrogens is 460 g/mol. The van der Waals surface area contributed by atoms with Crippen LogP contribution in [-0.2, 0) is 7.05 Å². The van der Waals surface area contributed by atoms with Crippen molar-refractivity contribution in [3.63, 3.8) is 0 Å². The van der Waals surface area contributed by atoms with Crippen molar-refractivity contribution in [1.29, 1.82) is 0 Å². The molecule has 3 heterocycles. The largest absolute Gasteiger partial charge is 0.396 e. The fraction of sp³-hybridized carbons (Fsp3) is 0.400. The Labute approximate surface area is 208 Å². The number of hydrogen-bond acceptors (Lipinski definition) is 7. The maximum absolute atomic E-state index is 12.9. The predicted molar refractivity (Wildman–Crippen MR) is 133 cm³/mol. The van der Waals surface area contributed by atoms with Gasteiger partial charge < -0.3 is 26.4 Å². The number of nitrogens with zero attached hydrogens (tertiary/aromatic N) is 4. The van der Waals surface area contributed by atoms with E-state index in [-0.39, 0.29) is 36.0 Å². The van der Waals surface area contributed by atoms with Gasteiger partial charge in [-0.25, -0.2) is 9.97 Å². The number of aryl methyl sites for hydroxylation is 1. The number of aliphatic hydroxyl groups excluding tert-OH is 1. The summed E-state index contributed by atoms with van der Waals surface area (Å²) in [6.45, 7) is 1.02. The molecule has 36 heavy (non-hydrogen) atoms. The van der Waals surface area contributed by atoms with Crippen molar-refractivity contribution < 1.29 is 19.4 Å². The number of H-pyrrole nitrogens is 1. The number of nitrogens with one attached hydrogen (secondary N) is 3. The van der Waals surface area contributed by atoms with Gasteiger partial charge in [0.05, 0.1) is 12.4 Å². The first kappa shape index (κ1) is 23.7. The number of hydrogen-bond donors (Lipinski definition) is 5. The first-order chi connectivity index (χ1) is 17.4. The van der Waals surface area contributed by atoms with Crippen molar-refractivity contribution in [3.8, 4) is 0 Å². The Bertz CT molecular complexity index is 1250. The highest BCUT2D eigenvalue weighted by Crippen LogP contribution is 2.39. The zero-order valence-corrected chi connectivity index (χ0v) is 20.1. The van der Waals surface area contributed by atoms with Gasteiger partial charge in [-0.05, 0) is 42.9 Å². The Morgan fingerprint density at radius 2 is 2.03 bits per heavy atom. The number of anilines is 3. The Hall–Kier alpha value is -3.99. The van der Waals surface area contributed by atoms with E-state index in [4.69, 9.17) is 5.73 Å². The summed E-state index contributed by atoms with van der Waals surface area (Å²) >= 11 is 0. The van der Waals surface area contributed by atoms with E-state index in [1.54, 1.807) is 17.1 Å². The van der Waals surface area contributed by atoms with Crippen LogP contribution >= 0.6 is 0 Å². The normalized spacial score (nSPS) is 19.7. The number of benzene rings is 1. The lowest BCUT2D eigenvalue weighted by atomic mass is 9.94. The number of carbonyl (C=O) groups is 2. The number of carbonyl (C=O) groups excluding carboxylic acids is 2. The summed E-state index contributed by atoms with van der Waals surface area (Å²) in [6.07, 6.45) is 8.11. The highest BCUT2D eigenvalue weighted by molar-refractivity contribution is 5.96. The van der Waals surface area contributed by atoms with E-state index in [0.29, 0.717) is 42.5 Å². The average Bonchev–Trinajstić information content (AvgIpc) is 3.65. The van der Waals surface area contributed by atoms with E-state index in [0.717, 1.165) is 0 Å². The molecule has 0 bridgehead atoms. The van der Waals surface area contributed by atoms with Crippen LogP contribution in [0.25, 0.3) is 0 Å². The first-order valence-corrected chi connectivity index (χ1v) is 12.1. The number of aliphatic hydroxyl groups is 1. The van der Waals surface area contributed by atoms with Gasteiger partial charge in [-0.3, -0.25) is 9.59 Å². The molecule has 2 aromatic heterocycles. The molecule has 0 radical (unpaired) electrons. The average molecular weight is 492 g/mol. The van der Waals surface area contributed by atoms with Gasteiger partial charge in [0.15, 0.2) is 18.6 Å². The third-order valence-electron chi connectivity index (χ3n) is 6.69. The molecule has 1 aliphatic carbocycles. The Kier molecular flexibility index (Phi) is 6.55. The Morgan fingerprint density at radius 1 is 1.25 bits per heavy atom. The van der Waals surface area contributed by atoms with Gasteiger partial charge in [0, 0.05) is 37.2 Å². The van der Waals surface area contributed by atoms with Crippen LogP contribution in [0.3, 0.4) is 0 Å². The lowest BCUT2D eigenvalue weighted by Crippen LogP contribution is -2.52. The molecule has 3 aromatic rings. The van der Waals surface area contributed by atoms with Crippen LogP contribution in [0.15, 0.2) is 42.9 Å². The summed E-state index contributed by atoms with van der Waals surface area (Å²) in [6, 6.07) is 7.63. The zero-order valence-electron chi connectivity index (χ0n) is 20.1. The smallest absolute Gasteiger partial charge is 0.271 e. The lowest BCUT2D eigenvalue weighted by molar-refractivity contribution is -0.726. The second-order valence-electron chi connectivity index (χ2n) is 9.64. The predicted octanol–water partition coefficient (Wildman–Crippen LogP) is 0.966. The number of nitrogens with two attached hydrogens (primary N) is 1. The molecule has 5 rings (SSSR count). The number of piperidine rings is 1. The van der Waals surface area contributed by atoms with Crippen LogP contribution in [0.2, 0.25) is 0 Å². The fourth-order valence-electron chi connectivity index (χ4n) is 4.68. The van der Waals surface area contributed by atoms with E-state index in [9.17, 15) is 14.7 Å². The van der Waals surface area contributed by atoms with Crippen molar-refractivity contribution in [3.05, 3.63) is 59.7 Å². The van der Waals surface area contributed by atoms with Crippen molar-refractivity contribution in [2.24, 2.45) is 18.7 Å². The molecule has 2 fully saturated rings. The summed E-state index contributed by atoms with van der Waals surface area (Å²) in [5, 5.41) is 19.1. The molecule has 2 atom stereocenters. The standard InChI is InChI=1S/C25H30N8O3/c1-32-12-20(9-28-32)29-24-22(23(26)35)27-10-21(31-24)33-11-15(14-34)8-19(13-33)30-25(36)18-6-4-17(5-7-18)16-2-3-16/h4-7,9-10,12,15-16,19,34H,2-3,8,11,13-14H2,1H3,(H4,26,29,30,31,35,36)/p+1. The van der Waals surface area contributed by atoms with Gasteiger partial charge in [-0.15, -0.1) is 4.68 Å². The summed E-state index contributed by atoms with van der Waals surface area (Å²) in [5.41, 5.74) is 8.14. The van der Waals surface area contributed by atoms with Crippen LogP contribution < -0.4 is 25.9 Å². The monoisotopic (exact) mass is 491 g/mol. The van der Waals surface area contributed by atoms with Gasteiger partial charge in [-0.1, -0.05) is 12.1 Å². The third-order valence-corrected chi connectivity index (χ3v) is 6.69. The zero-order chi connectivity index (χ0) is 25.2. The quantitative estimate of drug-likeness (QED) is 0.294. The Morgan fingerprint density at radius 3 is 2.67 bits per heavy atom. The van der Waals surface area contributed by atoms with E-state index in [2.05, 4.69) is 25.7 Å². The van der Waals surface area contributed by atoms with Gasteiger partial charge in [-0.2, -0.15) is 5.10 Å². The van der Waals surface area contributed by atoms with Gasteiger partial charge in [0.2, 0.25) is 6.20 Å². The van der Waals surface area contributed by atoms with Crippen molar-refractivity contribution in [2.45, 2.75) is 31.2 Å². The first-order valence-electron chi connectivity index (χ1n) is 12.1. The topological polar surface area (TPSA) is 153 Å². The summed E-state index contributed by atoms with van der Waals surface area (Å²) in [4.78, 5) is 35.7. The summed E-state index contributed by atoms with van der Waals surface area (Å²) in [5.74, 6) is 0.510. The number of primary amides is 1. The van der Waals surface area contributed by atoms with Gasteiger partial charge in [0.1, 0.15) is 11.5 Å². The van der Waals surface area contributed by atoms with Crippen LogP contribution in [0, 0.1) is 5.92 Å². The second-order valence-corrected chi connectivity index (χ2v) is 9.64. The molecule has 1 saturated carbocycles. The summed E-state index contributed by atoms with van der Waals surface area (Å²) < 4.78 is 1.74. The van der Waals surface area contributed by atoms with Crippen molar-refractivity contribution in [1.82, 2.24) is 20.4 Å². The van der Waals surface area contributed by atoms with E-state index < -0.39 is 5.91 Å². The Balaban J connectivity index is 1.33. The number of amides is 2. The SMILES string of the molecule is C[n+]1cc(Nc2nc(N3CC(CO)CC(NC(=O)c4ccc(C5CC5)cc4)C3)cnc2C(N)=O)c[nH]1. The van der Waals surface area contributed by atoms with E-state index >= 15 is 0 Å². The van der Waals surface area contributed by atoms with Crippen molar-refractivity contribution in [2.75, 3.05) is 29.9 Å². The molecule has 6 N–H and O–H groups in total. The van der Waals surface area contributed by atoms with Gasteiger partial charge in [0.25, 0.3) is 11.8 Å². The molecule has 2 aliphatic rings. The van der Waals surface area contributed by atoms with E-state index in [1.807, 2.05) is 36.2 Å². The molecule has 1 aliphatic heterocycles. The number of aromatic nitrogens is 4. The maximum atomic E-state index is 12.9. The highest BCUT2D eigenvalue weighted by atomic mass is 16.3. The number of rotatable bonds is 8. The van der Waals surface area contributed by atoms with Crippen LogP contribution in [-0.4, -0.2) is 57.7 Å². The molecular formula is C25H31N8O3+. The molecule has 0 spiro atoms. The van der Waals surface area contributed by atoms with Crippen LogP contribution in [0.5, 0.6) is 0 Å². The van der Waals surface area contributed by atoms with Crippen molar-refractivity contribution >= 4 is 29.1 Å². The second kappa shape index (κ2) is 9.94.